The summed E-state index contributed by atoms with van der Waals surface area (Å²) in [6, 6.07) is 11.0. The Kier molecular flexibility index (Phi) is 5.16. The van der Waals surface area contributed by atoms with E-state index in [4.69, 9.17) is 11.6 Å². The Balaban J connectivity index is 1.73. The lowest BCUT2D eigenvalue weighted by molar-refractivity contribution is -0.122. The van der Waals surface area contributed by atoms with Gasteiger partial charge in [-0.1, -0.05) is 33.6 Å². The van der Waals surface area contributed by atoms with Gasteiger partial charge in [-0.2, -0.15) is 0 Å². The van der Waals surface area contributed by atoms with Crippen LogP contribution in [0.15, 0.2) is 40.9 Å². The molecule has 6 heteroatoms. The Bertz CT molecular complexity index is 830. The molecule has 3 rings (SSSR count). The quantitative estimate of drug-likeness (QED) is 0.780. The summed E-state index contributed by atoms with van der Waals surface area (Å²) in [6.45, 7) is 4.32. The summed E-state index contributed by atoms with van der Waals surface area (Å²) in [7, 11) is 0. The molecule has 1 aliphatic rings. The molecule has 130 valence electrons. The van der Waals surface area contributed by atoms with Crippen LogP contribution < -0.4 is 10.2 Å². The number of amides is 2. The van der Waals surface area contributed by atoms with Crippen LogP contribution in [0.4, 0.5) is 11.4 Å². The van der Waals surface area contributed by atoms with Crippen molar-refractivity contribution in [2.75, 3.05) is 16.8 Å². The van der Waals surface area contributed by atoms with E-state index in [1.54, 1.807) is 23.1 Å². The van der Waals surface area contributed by atoms with Crippen molar-refractivity contribution in [1.29, 1.82) is 0 Å². The number of hydrogen-bond acceptors (Lipinski definition) is 2. The molecule has 0 unspecified atom stereocenters. The number of rotatable bonds is 3. The summed E-state index contributed by atoms with van der Waals surface area (Å²) in [6.07, 6.45) is 0.201. The molecular weight excluding hydrogens is 404 g/mol. The van der Waals surface area contributed by atoms with Gasteiger partial charge in [0.1, 0.15) is 0 Å². The average Bonchev–Trinajstić information content (AvgIpc) is 2.94. The van der Waals surface area contributed by atoms with Crippen molar-refractivity contribution in [2.45, 2.75) is 20.3 Å². The Morgan fingerprint density at radius 1 is 1.24 bits per heavy atom. The van der Waals surface area contributed by atoms with Gasteiger partial charge in [-0.05, 0) is 55.3 Å². The van der Waals surface area contributed by atoms with Crippen molar-refractivity contribution in [3.05, 3.63) is 57.0 Å². The van der Waals surface area contributed by atoms with Crippen LogP contribution in [0.5, 0.6) is 0 Å². The number of aryl methyl sites for hydroxylation is 2. The summed E-state index contributed by atoms with van der Waals surface area (Å²) in [4.78, 5) is 26.5. The number of anilines is 2. The third-order valence-electron chi connectivity index (χ3n) is 4.32. The summed E-state index contributed by atoms with van der Waals surface area (Å²) in [5.41, 5.74) is 3.58. The zero-order chi connectivity index (χ0) is 18.1. The second kappa shape index (κ2) is 7.18. The van der Waals surface area contributed by atoms with Gasteiger partial charge in [0.05, 0.1) is 5.92 Å². The van der Waals surface area contributed by atoms with Crippen molar-refractivity contribution in [2.24, 2.45) is 5.92 Å². The highest BCUT2D eigenvalue weighted by atomic mass is 79.9. The average molecular weight is 422 g/mol. The molecule has 1 saturated heterocycles. The first kappa shape index (κ1) is 18.0. The molecule has 0 aromatic heterocycles. The fourth-order valence-corrected chi connectivity index (χ4v) is 3.45. The highest BCUT2D eigenvalue weighted by molar-refractivity contribution is 9.10. The SMILES string of the molecule is Cc1cc(NC(=O)[C@@H]2CC(=O)N(c3cccc(Cl)c3)C2)cc(C)c1Br. The van der Waals surface area contributed by atoms with Crippen LogP contribution in [0.25, 0.3) is 0 Å². The number of carbonyl (C=O) groups excluding carboxylic acids is 2. The van der Waals surface area contributed by atoms with E-state index in [-0.39, 0.29) is 24.2 Å². The molecule has 0 radical (unpaired) electrons. The maximum Gasteiger partial charge on any atom is 0.229 e. The number of nitrogens with zero attached hydrogens (tertiary/aromatic N) is 1. The maximum absolute atomic E-state index is 12.6. The second-order valence-corrected chi connectivity index (χ2v) is 7.53. The van der Waals surface area contributed by atoms with Crippen molar-refractivity contribution in [1.82, 2.24) is 0 Å². The van der Waals surface area contributed by atoms with Crippen molar-refractivity contribution >= 4 is 50.7 Å². The van der Waals surface area contributed by atoms with Gasteiger partial charge in [-0.3, -0.25) is 9.59 Å². The van der Waals surface area contributed by atoms with Gasteiger partial charge in [-0.25, -0.2) is 0 Å². The fourth-order valence-electron chi connectivity index (χ4n) is 3.04. The van der Waals surface area contributed by atoms with Crippen LogP contribution in [0.1, 0.15) is 17.5 Å². The minimum Gasteiger partial charge on any atom is -0.326 e. The highest BCUT2D eigenvalue weighted by Crippen LogP contribution is 2.29. The second-order valence-electron chi connectivity index (χ2n) is 6.30. The van der Waals surface area contributed by atoms with E-state index >= 15 is 0 Å². The first-order chi connectivity index (χ1) is 11.8. The van der Waals surface area contributed by atoms with Crippen molar-refractivity contribution < 1.29 is 9.59 Å². The normalized spacial score (nSPS) is 17.0. The van der Waals surface area contributed by atoms with E-state index in [1.165, 1.54) is 0 Å². The predicted molar refractivity (Wildman–Crippen MR) is 104 cm³/mol. The summed E-state index contributed by atoms with van der Waals surface area (Å²) < 4.78 is 1.04. The molecule has 0 saturated carbocycles. The van der Waals surface area contributed by atoms with Crippen molar-refractivity contribution in [3.8, 4) is 0 Å². The topological polar surface area (TPSA) is 49.4 Å². The zero-order valence-corrected chi connectivity index (χ0v) is 16.3. The summed E-state index contributed by atoms with van der Waals surface area (Å²) in [5, 5.41) is 3.50. The van der Waals surface area contributed by atoms with Gasteiger partial charge in [0, 0.05) is 33.8 Å². The van der Waals surface area contributed by atoms with E-state index in [9.17, 15) is 9.59 Å². The molecule has 1 heterocycles. The Labute approximate surface area is 160 Å². The lowest BCUT2D eigenvalue weighted by Gasteiger charge is -2.17. The third kappa shape index (κ3) is 3.88. The van der Waals surface area contributed by atoms with E-state index < -0.39 is 0 Å². The number of nitrogens with one attached hydrogen (secondary N) is 1. The molecule has 2 aromatic carbocycles. The van der Waals surface area contributed by atoms with E-state index in [0.717, 1.165) is 27.0 Å². The van der Waals surface area contributed by atoms with Gasteiger partial charge < -0.3 is 10.2 Å². The minimum atomic E-state index is -0.379. The van der Waals surface area contributed by atoms with E-state index in [0.29, 0.717) is 11.6 Å². The molecular formula is C19H18BrClN2O2. The third-order valence-corrected chi connectivity index (χ3v) is 5.81. The lowest BCUT2D eigenvalue weighted by atomic mass is 10.1. The van der Waals surface area contributed by atoms with Crippen LogP contribution in [-0.2, 0) is 9.59 Å². The number of hydrogen-bond donors (Lipinski definition) is 1. The zero-order valence-electron chi connectivity index (χ0n) is 14.0. The number of benzene rings is 2. The van der Waals surface area contributed by atoms with Crippen LogP contribution in [0.2, 0.25) is 5.02 Å². The molecule has 1 atom stereocenters. The smallest absolute Gasteiger partial charge is 0.229 e. The molecule has 4 nitrogen and oxygen atoms in total. The van der Waals surface area contributed by atoms with Gasteiger partial charge in [0.25, 0.3) is 0 Å². The molecule has 2 aromatic rings. The van der Waals surface area contributed by atoms with Crippen molar-refractivity contribution in [3.63, 3.8) is 0 Å². The molecule has 0 bridgehead atoms. The van der Waals surface area contributed by atoms with Crippen LogP contribution in [0, 0.1) is 19.8 Å². The summed E-state index contributed by atoms with van der Waals surface area (Å²) in [5.74, 6) is -0.583. The number of carbonyl (C=O) groups is 2. The lowest BCUT2D eigenvalue weighted by Crippen LogP contribution is -2.28. The molecule has 0 spiro atoms. The Morgan fingerprint density at radius 3 is 2.56 bits per heavy atom. The molecule has 25 heavy (non-hydrogen) atoms. The molecule has 1 aliphatic heterocycles. The maximum atomic E-state index is 12.6. The standard InChI is InChI=1S/C19H18BrClN2O2/c1-11-6-15(7-12(2)18(11)20)22-19(25)13-8-17(24)23(10-13)16-5-3-4-14(21)9-16/h3-7,9,13H,8,10H2,1-2H3,(H,22,25)/t13-/m1/s1. The first-order valence-corrected chi connectivity index (χ1v) is 9.16. The largest absolute Gasteiger partial charge is 0.326 e. The van der Waals surface area contributed by atoms with Crippen LogP contribution >= 0.6 is 27.5 Å². The number of halogens is 2. The highest BCUT2D eigenvalue weighted by Gasteiger charge is 2.35. The van der Waals surface area contributed by atoms with Gasteiger partial charge in [-0.15, -0.1) is 0 Å². The monoisotopic (exact) mass is 420 g/mol. The van der Waals surface area contributed by atoms with Gasteiger partial charge in [0.2, 0.25) is 11.8 Å². The van der Waals surface area contributed by atoms with Crippen LogP contribution in [0.3, 0.4) is 0 Å². The van der Waals surface area contributed by atoms with Gasteiger partial charge >= 0.3 is 0 Å². The minimum absolute atomic E-state index is 0.0643. The van der Waals surface area contributed by atoms with Gasteiger partial charge in [0.15, 0.2) is 0 Å². The van der Waals surface area contributed by atoms with E-state index in [2.05, 4.69) is 21.2 Å². The molecule has 1 N–H and O–H groups in total. The molecule has 2 amide bonds. The molecule has 1 fully saturated rings. The van der Waals surface area contributed by atoms with E-state index in [1.807, 2.05) is 32.0 Å². The Morgan fingerprint density at radius 2 is 1.92 bits per heavy atom. The molecule has 0 aliphatic carbocycles. The first-order valence-electron chi connectivity index (χ1n) is 7.98. The van der Waals surface area contributed by atoms with Crippen LogP contribution in [-0.4, -0.2) is 18.4 Å². The Hall–Kier alpha value is -1.85. The summed E-state index contributed by atoms with van der Waals surface area (Å²) >= 11 is 9.52. The fraction of sp³-hybridized carbons (Fsp3) is 0.263. The predicted octanol–water partition coefficient (Wildman–Crippen LogP) is 4.71.